The van der Waals surface area contributed by atoms with E-state index in [1.165, 1.54) is 12.1 Å². The lowest BCUT2D eigenvalue weighted by atomic mass is 10.1. The lowest BCUT2D eigenvalue weighted by molar-refractivity contribution is -0.137. The van der Waals surface area contributed by atoms with Gasteiger partial charge in [0.25, 0.3) is 5.56 Å². The summed E-state index contributed by atoms with van der Waals surface area (Å²) in [5, 5.41) is 0. The van der Waals surface area contributed by atoms with Crippen molar-refractivity contribution in [3.8, 4) is 22.9 Å². The molecule has 2 heterocycles. The first-order chi connectivity index (χ1) is 14.6. The number of para-hydroxylation sites is 1. The summed E-state index contributed by atoms with van der Waals surface area (Å²) in [4.78, 5) is 26.3. The van der Waals surface area contributed by atoms with Crippen LogP contribution in [0, 0.1) is 0 Å². The van der Waals surface area contributed by atoms with Crippen molar-refractivity contribution in [1.29, 1.82) is 0 Å². The van der Waals surface area contributed by atoms with Gasteiger partial charge in [-0.25, -0.2) is 9.97 Å². The summed E-state index contributed by atoms with van der Waals surface area (Å²) in [6.45, 7) is 0. The molecule has 0 radical (unpaired) electrons. The average molecular weight is 429 g/mol. The molecule has 0 aliphatic heterocycles. The Balaban J connectivity index is 1.76. The fourth-order valence-corrected chi connectivity index (χ4v) is 2.90. The van der Waals surface area contributed by atoms with E-state index in [0.29, 0.717) is 5.52 Å². The van der Waals surface area contributed by atoms with Crippen LogP contribution in [-0.4, -0.2) is 19.9 Å². The highest BCUT2D eigenvalue weighted by molar-refractivity contribution is 5.82. The molecule has 4 rings (SSSR count). The molecule has 0 atom stereocenters. The molecular formula is C19H14F3N7O2. The zero-order chi connectivity index (χ0) is 22.3. The summed E-state index contributed by atoms with van der Waals surface area (Å²) in [5.74, 6) is -0.234. The maximum Gasteiger partial charge on any atom is 0.416 e. The molecule has 7 N–H and O–H groups in total. The first kappa shape index (κ1) is 19.9. The second kappa shape index (κ2) is 7.16. The van der Waals surface area contributed by atoms with Gasteiger partial charge in [0.1, 0.15) is 5.52 Å². The molecule has 0 unspecified atom stereocenters. The third-order valence-corrected chi connectivity index (χ3v) is 4.30. The molecule has 0 spiro atoms. The zero-order valence-electron chi connectivity index (χ0n) is 15.6. The summed E-state index contributed by atoms with van der Waals surface area (Å²) in [6.07, 6.45) is -4.53. The van der Waals surface area contributed by atoms with Crippen LogP contribution in [0.3, 0.4) is 0 Å². The number of hydrogen-bond acceptors (Lipinski definition) is 8. The number of hydrogen-bond donors (Lipinski definition) is 4. The van der Waals surface area contributed by atoms with E-state index in [4.69, 9.17) is 21.9 Å². The Kier molecular flexibility index (Phi) is 4.61. The van der Waals surface area contributed by atoms with Gasteiger partial charge in [0.2, 0.25) is 11.8 Å². The number of benzene rings is 2. The van der Waals surface area contributed by atoms with Gasteiger partial charge in [-0.15, -0.1) is 0 Å². The Morgan fingerprint density at radius 2 is 1.74 bits per heavy atom. The molecule has 0 fully saturated rings. The Morgan fingerprint density at radius 3 is 2.45 bits per heavy atom. The normalized spacial score (nSPS) is 11.6. The predicted molar refractivity (Wildman–Crippen MR) is 108 cm³/mol. The Morgan fingerprint density at radius 1 is 0.968 bits per heavy atom. The van der Waals surface area contributed by atoms with Crippen molar-refractivity contribution in [3.05, 3.63) is 58.4 Å². The second-order valence-electron chi connectivity index (χ2n) is 6.45. The van der Waals surface area contributed by atoms with Crippen molar-refractivity contribution in [2.24, 2.45) is 0 Å². The summed E-state index contributed by atoms with van der Waals surface area (Å²) in [6, 6.07) is 9.04. The van der Waals surface area contributed by atoms with Gasteiger partial charge in [0, 0.05) is 17.3 Å². The Bertz CT molecular complexity index is 1370. The Hall–Kier alpha value is -4.35. The lowest BCUT2D eigenvalue weighted by Gasteiger charge is -2.12. The highest BCUT2D eigenvalue weighted by Crippen LogP contribution is 2.35. The van der Waals surface area contributed by atoms with Crippen LogP contribution >= 0.6 is 0 Å². The monoisotopic (exact) mass is 429 g/mol. The molecule has 0 amide bonds. The number of nitrogens with two attached hydrogens (primary N) is 3. The van der Waals surface area contributed by atoms with E-state index in [2.05, 4.69) is 19.9 Å². The quantitative estimate of drug-likeness (QED) is 0.362. The molecule has 2 aromatic heterocycles. The Labute approximate surface area is 171 Å². The van der Waals surface area contributed by atoms with Crippen molar-refractivity contribution in [3.63, 3.8) is 0 Å². The highest BCUT2D eigenvalue weighted by atomic mass is 19.4. The summed E-state index contributed by atoms with van der Waals surface area (Å²) < 4.78 is 44.4. The van der Waals surface area contributed by atoms with Crippen molar-refractivity contribution >= 4 is 28.5 Å². The fourth-order valence-electron chi connectivity index (χ4n) is 2.90. The molecular weight excluding hydrogens is 415 g/mol. The van der Waals surface area contributed by atoms with Crippen LogP contribution in [0.5, 0.6) is 11.6 Å². The third kappa shape index (κ3) is 3.90. The molecule has 0 saturated heterocycles. The third-order valence-electron chi connectivity index (χ3n) is 4.30. The number of nitrogen functional groups attached to an aromatic ring is 3. The number of aromatic nitrogens is 4. The van der Waals surface area contributed by atoms with Crippen molar-refractivity contribution in [1.82, 2.24) is 19.9 Å². The van der Waals surface area contributed by atoms with E-state index in [1.807, 2.05) is 0 Å². The fraction of sp³-hybridized carbons (Fsp3) is 0.0526. The molecule has 9 nitrogen and oxygen atoms in total. The number of nitrogens with one attached hydrogen (secondary N) is 1. The molecule has 4 aromatic rings. The largest absolute Gasteiger partial charge is 0.436 e. The number of anilines is 3. The molecule has 31 heavy (non-hydrogen) atoms. The van der Waals surface area contributed by atoms with Crippen molar-refractivity contribution in [2.75, 3.05) is 17.2 Å². The molecule has 0 saturated carbocycles. The van der Waals surface area contributed by atoms with Gasteiger partial charge in [-0.3, -0.25) is 4.79 Å². The maximum absolute atomic E-state index is 12.9. The van der Waals surface area contributed by atoms with Gasteiger partial charge < -0.3 is 26.9 Å². The average Bonchev–Trinajstić information content (AvgIpc) is 2.68. The zero-order valence-corrected chi connectivity index (χ0v) is 15.6. The van der Waals surface area contributed by atoms with Crippen LogP contribution in [0.15, 0.2) is 47.3 Å². The first-order valence-corrected chi connectivity index (χ1v) is 8.70. The van der Waals surface area contributed by atoms with E-state index >= 15 is 0 Å². The van der Waals surface area contributed by atoms with Crippen LogP contribution in [-0.2, 0) is 6.18 Å². The molecule has 158 valence electrons. The standard InChI is InChI=1S/C19H14F3N7O2/c20-19(21,22)8-4-5-9(10(23)6-8)12-7-14(28-18(25)27-12)31-13-3-1-2-11-15(13)29-16(24)17(30)26-11/h1-7H,23H2,(H2,24,29)(H,26,30)(H2,25,27,28). The van der Waals surface area contributed by atoms with E-state index < -0.39 is 17.3 Å². The van der Waals surface area contributed by atoms with Gasteiger partial charge in [0.05, 0.1) is 16.8 Å². The van der Waals surface area contributed by atoms with Gasteiger partial charge in [0.15, 0.2) is 11.6 Å². The van der Waals surface area contributed by atoms with Crippen molar-refractivity contribution < 1.29 is 17.9 Å². The molecule has 2 aromatic carbocycles. The summed E-state index contributed by atoms with van der Waals surface area (Å²) >= 11 is 0. The highest BCUT2D eigenvalue weighted by Gasteiger charge is 2.31. The lowest BCUT2D eigenvalue weighted by Crippen LogP contribution is -2.13. The van der Waals surface area contributed by atoms with E-state index in [0.717, 1.165) is 12.1 Å². The van der Waals surface area contributed by atoms with Gasteiger partial charge >= 0.3 is 6.18 Å². The molecule has 12 heteroatoms. The summed E-state index contributed by atoms with van der Waals surface area (Å²) in [7, 11) is 0. The maximum atomic E-state index is 12.9. The van der Waals surface area contributed by atoms with E-state index in [-0.39, 0.29) is 45.9 Å². The molecule has 0 bridgehead atoms. The van der Waals surface area contributed by atoms with E-state index in [1.54, 1.807) is 18.2 Å². The minimum atomic E-state index is -4.53. The second-order valence-corrected chi connectivity index (χ2v) is 6.45. The number of aromatic amines is 1. The number of fused-ring (bicyclic) bond motifs is 1. The topological polar surface area (TPSA) is 159 Å². The predicted octanol–water partition coefficient (Wildman–Crippen LogP) is 2.94. The molecule has 0 aliphatic rings. The number of alkyl halides is 3. The smallest absolute Gasteiger partial charge is 0.416 e. The number of ether oxygens (including phenoxy) is 1. The molecule has 0 aliphatic carbocycles. The first-order valence-electron chi connectivity index (χ1n) is 8.70. The SMILES string of the molecule is Nc1nc(Oc2cccc3[nH]c(=O)c(N)nc23)cc(-c2ccc(C(F)(F)F)cc2N)n1. The number of rotatable bonds is 3. The van der Waals surface area contributed by atoms with Crippen LogP contribution in [0.2, 0.25) is 0 Å². The van der Waals surface area contributed by atoms with Crippen LogP contribution in [0.25, 0.3) is 22.3 Å². The minimum Gasteiger partial charge on any atom is -0.436 e. The van der Waals surface area contributed by atoms with Gasteiger partial charge in [-0.2, -0.15) is 18.2 Å². The van der Waals surface area contributed by atoms with Gasteiger partial charge in [-0.05, 0) is 24.3 Å². The number of halogens is 3. The van der Waals surface area contributed by atoms with Gasteiger partial charge in [-0.1, -0.05) is 12.1 Å². The minimum absolute atomic E-state index is 0.0131. The van der Waals surface area contributed by atoms with Crippen LogP contribution in [0.4, 0.5) is 30.6 Å². The van der Waals surface area contributed by atoms with Crippen LogP contribution < -0.4 is 27.5 Å². The van der Waals surface area contributed by atoms with Crippen molar-refractivity contribution in [2.45, 2.75) is 6.18 Å². The number of nitrogens with zero attached hydrogens (tertiary/aromatic N) is 3. The van der Waals surface area contributed by atoms with Crippen LogP contribution in [0.1, 0.15) is 5.56 Å². The summed E-state index contributed by atoms with van der Waals surface area (Å²) in [5.41, 5.74) is 16.6. The van der Waals surface area contributed by atoms with E-state index in [9.17, 15) is 18.0 Å². The number of H-pyrrole nitrogens is 1.